The summed E-state index contributed by atoms with van der Waals surface area (Å²) in [6.07, 6.45) is 1.42. The second-order valence-corrected chi connectivity index (χ2v) is 4.39. The Bertz CT molecular complexity index is 530. The smallest absolute Gasteiger partial charge is 0.325 e. The summed E-state index contributed by atoms with van der Waals surface area (Å²) in [7, 11) is 0. The van der Waals surface area contributed by atoms with Gasteiger partial charge in [-0.05, 0) is 26.7 Å². The highest BCUT2D eigenvalue weighted by Gasteiger charge is 2.10. The van der Waals surface area contributed by atoms with E-state index in [1.54, 1.807) is 6.92 Å². The van der Waals surface area contributed by atoms with Crippen LogP contribution < -0.4 is 16.6 Å². The Kier molecular flexibility index (Phi) is 4.88. The molecule has 0 aliphatic carbocycles. The first-order valence-corrected chi connectivity index (χ1v) is 6.05. The normalized spacial score (nSPS) is 12.2. The van der Waals surface area contributed by atoms with Crippen LogP contribution in [0, 0.1) is 6.92 Å². The number of carbonyl (C=O) groups excluding carboxylic acids is 1. The van der Waals surface area contributed by atoms with Crippen LogP contribution in [-0.2, 0) is 11.2 Å². The Morgan fingerprint density at radius 2 is 2.00 bits per heavy atom. The first-order valence-electron chi connectivity index (χ1n) is 6.05. The maximum Gasteiger partial charge on any atom is 0.325 e. The van der Waals surface area contributed by atoms with E-state index in [2.05, 4.69) is 15.3 Å². The molecule has 1 rings (SSSR count). The van der Waals surface area contributed by atoms with E-state index in [1.165, 1.54) is 0 Å². The van der Waals surface area contributed by atoms with Crippen molar-refractivity contribution in [2.24, 2.45) is 0 Å². The van der Waals surface area contributed by atoms with E-state index in [0.717, 1.165) is 6.42 Å². The molecule has 0 radical (unpaired) electrons. The van der Waals surface area contributed by atoms with Gasteiger partial charge < -0.3 is 10.3 Å². The van der Waals surface area contributed by atoms with Crippen LogP contribution in [-0.4, -0.2) is 21.9 Å². The Hall–Kier alpha value is -1.85. The monoisotopic (exact) mass is 253 g/mol. The zero-order valence-electron chi connectivity index (χ0n) is 10.9. The number of hydrogen-bond acceptors (Lipinski definition) is 3. The average molecular weight is 253 g/mol. The van der Waals surface area contributed by atoms with Crippen molar-refractivity contribution in [3.05, 3.63) is 32.1 Å². The zero-order valence-corrected chi connectivity index (χ0v) is 10.9. The molecule has 0 fully saturated rings. The van der Waals surface area contributed by atoms with Gasteiger partial charge in [0, 0.05) is 23.7 Å². The van der Waals surface area contributed by atoms with Gasteiger partial charge in [-0.25, -0.2) is 4.79 Å². The topological polar surface area (TPSA) is 94.8 Å². The molecule has 0 aliphatic heterocycles. The first-order chi connectivity index (χ1) is 8.43. The van der Waals surface area contributed by atoms with E-state index < -0.39 is 11.2 Å². The third-order valence-electron chi connectivity index (χ3n) is 2.88. The highest BCUT2D eigenvalue weighted by atomic mass is 16.2. The first kappa shape index (κ1) is 14.2. The Labute approximate surface area is 105 Å². The van der Waals surface area contributed by atoms with Crippen LogP contribution >= 0.6 is 0 Å². The van der Waals surface area contributed by atoms with Gasteiger partial charge in [0.15, 0.2) is 0 Å². The minimum atomic E-state index is -0.523. The minimum Gasteiger partial charge on any atom is -0.354 e. The predicted octanol–water partition coefficient (Wildman–Crippen LogP) is 0.219. The molecule has 6 nitrogen and oxygen atoms in total. The largest absolute Gasteiger partial charge is 0.354 e. The van der Waals surface area contributed by atoms with Crippen LogP contribution in [0.15, 0.2) is 9.59 Å². The minimum absolute atomic E-state index is 0.0886. The average Bonchev–Trinajstić information content (AvgIpc) is 2.27. The molecule has 0 aromatic carbocycles. The van der Waals surface area contributed by atoms with Crippen molar-refractivity contribution in [3.8, 4) is 0 Å². The molecule has 1 amide bonds. The molecule has 0 bridgehead atoms. The maximum atomic E-state index is 11.6. The Morgan fingerprint density at radius 1 is 1.33 bits per heavy atom. The standard InChI is InChI=1S/C12H19N3O3/c1-4-7(2)13-10(16)6-5-9-8(3)14-12(18)15-11(9)17/h7H,4-6H2,1-3H3,(H,13,16)(H2,14,15,17,18). The van der Waals surface area contributed by atoms with E-state index in [0.29, 0.717) is 17.7 Å². The lowest BCUT2D eigenvalue weighted by Crippen LogP contribution is -2.33. The molecular weight excluding hydrogens is 234 g/mol. The van der Waals surface area contributed by atoms with E-state index in [4.69, 9.17) is 0 Å². The van der Waals surface area contributed by atoms with Gasteiger partial charge in [-0.3, -0.25) is 14.6 Å². The van der Waals surface area contributed by atoms with Gasteiger partial charge in [-0.15, -0.1) is 0 Å². The van der Waals surface area contributed by atoms with Crippen molar-refractivity contribution in [1.29, 1.82) is 0 Å². The highest BCUT2D eigenvalue weighted by molar-refractivity contribution is 5.76. The number of amides is 1. The quantitative estimate of drug-likeness (QED) is 0.700. The van der Waals surface area contributed by atoms with Crippen molar-refractivity contribution >= 4 is 5.91 Å². The van der Waals surface area contributed by atoms with Crippen LogP contribution in [0.4, 0.5) is 0 Å². The summed E-state index contributed by atoms with van der Waals surface area (Å²) in [5.74, 6) is -0.0886. The van der Waals surface area contributed by atoms with Gasteiger partial charge >= 0.3 is 5.69 Å². The summed E-state index contributed by atoms with van der Waals surface area (Å²) in [4.78, 5) is 38.8. The molecule has 1 aromatic rings. The van der Waals surface area contributed by atoms with Crippen LogP contribution in [0.25, 0.3) is 0 Å². The molecule has 0 spiro atoms. The fraction of sp³-hybridized carbons (Fsp3) is 0.583. The van der Waals surface area contributed by atoms with Crippen molar-refractivity contribution in [1.82, 2.24) is 15.3 Å². The van der Waals surface area contributed by atoms with E-state index in [9.17, 15) is 14.4 Å². The number of rotatable bonds is 5. The number of hydrogen-bond donors (Lipinski definition) is 3. The van der Waals surface area contributed by atoms with Crippen molar-refractivity contribution in [3.63, 3.8) is 0 Å². The van der Waals surface area contributed by atoms with Gasteiger partial charge in [0.2, 0.25) is 5.91 Å². The highest BCUT2D eigenvalue weighted by Crippen LogP contribution is 2.00. The lowest BCUT2D eigenvalue weighted by atomic mass is 10.1. The van der Waals surface area contributed by atoms with E-state index >= 15 is 0 Å². The molecule has 1 aromatic heterocycles. The van der Waals surface area contributed by atoms with E-state index in [1.807, 2.05) is 13.8 Å². The summed E-state index contributed by atoms with van der Waals surface area (Å²) in [6, 6.07) is 0.132. The summed E-state index contributed by atoms with van der Waals surface area (Å²) in [6.45, 7) is 5.57. The number of H-pyrrole nitrogens is 2. The van der Waals surface area contributed by atoms with Gasteiger partial charge in [0.1, 0.15) is 0 Å². The summed E-state index contributed by atoms with van der Waals surface area (Å²) < 4.78 is 0. The molecule has 100 valence electrons. The molecule has 1 atom stereocenters. The van der Waals surface area contributed by atoms with Crippen molar-refractivity contribution in [2.45, 2.75) is 46.1 Å². The van der Waals surface area contributed by atoms with Gasteiger partial charge in [-0.2, -0.15) is 0 Å². The van der Waals surface area contributed by atoms with Crippen LogP contribution in [0.3, 0.4) is 0 Å². The molecule has 6 heteroatoms. The Morgan fingerprint density at radius 3 is 2.56 bits per heavy atom. The van der Waals surface area contributed by atoms with Crippen LogP contribution in [0.2, 0.25) is 0 Å². The van der Waals surface area contributed by atoms with E-state index in [-0.39, 0.29) is 18.4 Å². The summed E-state index contributed by atoms with van der Waals surface area (Å²) >= 11 is 0. The number of carbonyl (C=O) groups is 1. The number of aromatic amines is 2. The van der Waals surface area contributed by atoms with Crippen LogP contribution in [0.1, 0.15) is 37.9 Å². The lowest BCUT2D eigenvalue weighted by Gasteiger charge is -2.11. The predicted molar refractivity (Wildman–Crippen MR) is 68.6 cm³/mol. The molecular formula is C12H19N3O3. The van der Waals surface area contributed by atoms with Crippen molar-refractivity contribution < 1.29 is 4.79 Å². The molecule has 0 saturated heterocycles. The van der Waals surface area contributed by atoms with Gasteiger partial charge in [-0.1, -0.05) is 6.92 Å². The second-order valence-electron chi connectivity index (χ2n) is 4.39. The number of aryl methyl sites for hydroxylation is 1. The molecule has 18 heavy (non-hydrogen) atoms. The van der Waals surface area contributed by atoms with Gasteiger partial charge in [0.25, 0.3) is 5.56 Å². The third-order valence-corrected chi connectivity index (χ3v) is 2.88. The molecule has 3 N–H and O–H groups in total. The number of aromatic nitrogens is 2. The van der Waals surface area contributed by atoms with Crippen molar-refractivity contribution in [2.75, 3.05) is 0 Å². The van der Waals surface area contributed by atoms with Gasteiger partial charge in [0.05, 0.1) is 0 Å². The summed E-state index contributed by atoms with van der Waals surface area (Å²) in [5, 5.41) is 2.83. The molecule has 1 unspecified atom stereocenters. The summed E-state index contributed by atoms with van der Waals surface area (Å²) in [5.41, 5.74) is 0.0203. The molecule has 1 heterocycles. The number of nitrogens with one attached hydrogen (secondary N) is 3. The van der Waals surface area contributed by atoms with Crippen LogP contribution in [0.5, 0.6) is 0 Å². The SMILES string of the molecule is CCC(C)NC(=O)CCc1c(C)[nH]c(=O)[nH]c1=O. The Balaban J connectivity index is 2.67. The fourth-order valence-corrected chi connectivity index (χ4v) is 1.61. The fourth-order valence-electron chi connectivity index (χ4n) is 1.61. The lowest BCUT2D eigenvalue weighted by molar-refractivity contribution is -0.121. The second kappa shape index (κ2) is 6.18. The maximum absolute atomic E-state index is 11.6. The zero-order chi connectivity index (χ0) is 13.7. The molecule has 0 aliphatic rings. The molecule has 0 saturated carbocycles. The third kappa shape index (κ3) is 3.87.